The number of rotatable bonds is 5. The Kier molecular flexibility index (Phi) is 5.26. The second kappa shape index (κ2) is 7.83. The SMILES string of the molecule is O=C(c1ccc(F)cc1)C1CCN(CCn2c3c(c(=O)[nH]c2=O)CCC3)CC1. The maximum Gasteiger partial charge on any atom is 0.328 e. The van der Waals surface area contributed by atoms with Crippen LogP contribution in [0.5, 0.6) is 0 Å². The second-order valence-corrected chi connectivity index (χ2v) is 7.68. The summed E-state index contributed by atoms with van der Waals surface area (Å²) in [6, 6.07) is 5.74. The van der Waals surface area contributed by atoms with Crippen molar-refractivity contribution < 1.29 is 9.18 Å². The molecule has 2 heterocycles. The maximum atomic E-state index is 13.0. The minimum atomic E-state index is -0.338. The molecule has 1 aromatic heterocycles. The number of halogens is 1. The fourth-order valence-electron chi connectivity index (χ4n) is 4.38. The van der Waals surface area contributed by atoms with Gasteiger partial charge in [-0.2, -0.15) is 0 Å². The van der Waals surface area contributed by atoms with E-state index >= 15 is 0 Å². The van der Waals surface area contributed by atoms with Gasteiger partial charge in [0.2, 0.25) is 0 Å². The minimum Gasteiger partial charge on any atom is -0.302 e. The van der Waals surface area contributed by atoms with E-state index in [9.17, 15) is 18.8 Å². The number of carbonyl (C=O) groups is 1. The summed E-state index contributed by atoms with van der Waals surface area (Å²) in [6.45, 7) is 2.85. The number of fused-ring (bicyclic) bond motifs is 1. The standard InChI is InChI=1S/C21H24FN3O3/c22-16-6-4-14(5-7-16)19(26)15-8-10-24(11-9-15)12-13-25-18-3-1-2-17(18)20(27)23-21(25)28/h4-7,15H,1-3,8-13H2,(H,23,27,28). The van der Waals surface area contributed by atoms with Crippen molar-refractivity contribution in [1.29, 1.82) is 0 Å². The normalized spacial score (nSPS) is 17.6. The van der Waals surface area contributed by atoms with Gasteiger partial charge in [-0.1, -0.05) is 0 Å². The number of benzene rings is 1. The van der Waals surface area contributed by atoms with Crippen LogP contribution in [0.4, 0.5) is 4.39 Å². The van der Waals surface area contributed by atoms with Crippen LogP contribution in [-0.4, -0.2) is 39.9 Å². The molecule has 1 saturated heterocycles. The van der Waals surface area contributed by atoms with Crippen LogP contribution in [0.25, 0.3) is 0 Å². The van der Waals surface area contributed by atoms with Gasteiger partial charge in [0.15, 0.2) is 5.78 Å². The molecule has 1 aliphatic carbocycles. The number of ketones is 1. The molecule has 0 unspecified atom stereocenters. The molecule has 1 aliphatic heterocycles. The Labute approximate surface area is 162 Å². The van der Waals surface area contributed by atoms with Gasteiger partial charge in [0, 0.05) is 35.8 Å². The second-order valence-electron chi connectivity index (χ2n) is 7.68. The summed E-state index contributed by atoms with van der Waals surface area (Å²) in [7, 11) is 0. The van der Waals surface area contributed by atoms with E-state index in [0.717, 1.165) is 63.0 Å². The number of H-pyrrole nitrogens is 1. The lowest BCUT2D eigenvalue weighted by Crippen LogP contribution is -2.41. The molecule has 0 bridgehead atoms. The highest BCUT2D eigenvalue weighted by Crippen LogP contribution is 2.22. The summed E-state index contributed by atoms with van der Waals surface area (Å²) < 4.78 is 14.7. The van der Waals surface area contributed by atoms with Crippen molar-refractivity contribution >= 4 is 5.78 Å². The first-order valence-electron chi connectivity index (χ1n) is 9.90. The number of nitrogens with one attached hydrogen (secondary N) is 1. The number of Topliss-reactive ketones (excluding diaryl/α,β-unsaturated/α-hetero) is 1. The van der Waals surface area contributed by atoms with Gasteiger partial charge in [-0.15, -0.1) is 0 Å². The first kappa shape index (κ1) is 18.8. The molecular weight excluding hydrogens is 361 g/mol. The zero-order valence-electron chi connectivity index (χ0n) is 15.7. The van der Waals surface area contributed by atoms with Crippen molar-refractivity contribution in [3.05, 3.63) is 67.7 Å². The van der Waals surface area contributed by atoms with Crippen LogP contribution in [0.15, 0.2) is 33.9 Å². The lowest BCUT2D eigenvalue weighted by atomic mass is 9.89. The third-order valence-corrected chi connectivity index (χ3v) is 5.98. The third-order valence-electron chi connectivity index (χ3n) is 5.98. The van der Waals surface area contributed by atoms with E-state index in [1.165, 1.54) is 12.1 Å². The maximum absolute atomic E-state index is 13.0. The first-order valence-corrected chi connectivity index (χ1v) is 9.90. The molecule has 1 aromatic carbocycles. The molecule has 148 valence electrons. The van der Waals surface area contributed by atoms with Gasteiger partial charge in [0.1, 0.15) is 5.82 Å². The predicted octanol–water partition coefficient (Wildman–Crippen LogP) is 1.76. The number of aromatic nitrogens is 2. The Bertz CT molecular complexity index is 985. The summed E-state index contributed by atoms with van der Waals surface area (Å²) in [6.07, 6.45) is 3.95. The number of nitrogens with zero attached hydrogens (tertiary/aromatic N) is 2. The Morgan fingerprint density at radius 3 is 2.50 bits per heavy atom. The molecule has 0 atom stereocenters. The van der Waals surface area contributed by atoms with E-state index in [2.05, 4.69) is 9.88 Å². The number of hydrogen-bond acceptors (Lipinski definition) is 4. The van der Waals surface area contributed by atoms with Gasteiger partial charge >= 0.3 is 5.69 Å². The van der Waals surface area contributed by atoms with Crippen molar-refractivity contribution in [2.45, 2.75) is 38.6 Å². The number of carbonyl (C=O) groups excluding carboxylic acids is 1. The summed E-state index contributed by atoms with van der Waals surface area (Å²) in [5.41, 5.74) is 1.63. The molecule has 2 aliphatic rings. The quantitative estimate of drug-likeness (QED) is 0.796. The largest absolute Gasteiger partial charge is 0.328 e. The molecule has 0 amide bonds. The van der Waals surface area contributed by atoms with Crippen LogP contribution in [0.1, 0.15) is 40.9 Å². The topological polar surface area (TPSA) is 75.2 Å². The Morgan fingerprint density at radius 1 is 1.07 bits per heavy atom. The molecule has 4 rings (SSSR count). The number of hydrogen-bond donors (Lipinski definition) is 1. The van der Waals surface area contributed by atoms with E-state index in [1.807, 2.05) is 0 Å². The van der Waals surface area contributed by atoms with E-state index in [-0.39, 0.29) is 28.8 Å². The lowest BCUT2D eigenvalue weighted by Gasteiger charge is -2.31. The van der Waals surface area contributed by atoms with Crippen molar-refractivity contribution in [2.75, 3.05) is 19.6 Å². The van der Waals surface area contributed by atoms with Gasteiger partial charge < -0.3 is 4.90 Å². The van der Waals surface area contributed by atoms with Crippen molar-refractivity contribution in [2.24, 2.45) is 5.92 Å². The fraction of sp³-hybridized carbons (Fsp3) is 0.476. The Hall–Kier alpha value is -2.54. The van der Waals surface area contributed by atoms with E-state index in [4.69, 9.17) is 0 Å². The van der Waals surface area contributed by atoms with Crippen LogP contribution in [-0.2, 0) is 19.4 Å². The van der Waals surface area contributed by atoms with Crippen LogP contribution in [0.3, 0.4) is 0 Å². The molecule has 0 radical (unpaired) electrons. The molecule has 1 fully saturated rings. The zero-order valence-corrected chi connectivity index (χ0v) is 15.7. The van der Waals surface area contributed by atoms with Crippen molar-refractivity contribution in [1.82, 2.24) is 14.5 Å². The van der Waals surface area contributed by atoms with Gasteiger partial charge in [-0.05, 0) is 69.5 Å². The van der Waals surface area contributed by atoms with Gasteiger partial charge in [-0.25, -0.2) is 9.18 Å². The molecule has 2 aromatic rings. The highest BCUT2D eigenvalue weighted by molar-refractivity contribution is 5.97. The van der Waals surface area contributed by atoms with Crippen molar-refractivity contribution in [3.63, 3.8) is 0 Å². The Balaban J connectivity index is 1.35. The lowest BCUT2D eigenvalue weighted by molar-refractivity contribution is 0.0837. The van der Waals surface area contributed by atoms with Gasteiger partial charge in [0.05, 0.1) is 0 Å². The summed E-state index contributed by atoms with van der Waals surface area (Å²) in [5.74, 6) is -0.300. The van der Waals surface area contributed by atoms with Crippen molar-refractivity contribution in [3.8, 4) is 0 Å². The smallest absolute Gasteiger partial charge is 0.302 e. The minimum absolute atomic E-state index is 0.0400. The average Bonchev–Trinajstić information content (AvgIpc) is 3.19. The number of aromatic amines is 1. The van der Waals surface area contributed by atoms with Crippen LogP contribution >= 0.6 is 0 Å². The molecule has 28 heavy (non-hydrogen) atoms. The van der Waals surface area contributed by atoms with Crippen LogP contribution in [0, 0.1) is 11.7 Å². The summed E-state index contributed by atoms with van der Waals surface area (Å²) >= 11 is 0. The first-order chi connectivity index (χ1) is 13.5. The van der Waals surface area contributed by atoms with Crippen LogP contribution < -0.4 is 11.2 Å². The van der Waals surface area contributed by atoms with Gasteiger partial charge in [-0.3, -0.25) is 19.1 Å². The monoisotopic (exact) mass is 385 g/mol. The summed E-state index contributed by atoms with van der Waals surface area (Å²) in [5, 5.41) is 0. The fourth-order valence-corrected chi connectivity index (χ4v) is 4.38. The van der Waals surface area contributed by atoms with Crippen LogP contribution in [0.2, 0.25) is 0 Å². The number of likely N-dealkylation sites (tertiary alicyclic amines) is 1. The number of piperidine rings is 1. The zero-order chi connectivity index (χ0) is 19.7. The molecular formula is C21H24FN3O3. The predicted molar refractivity (Wildman–Crippen MR) is 103 cm³/mol. The molecule has 0 spiro atoms. The van der Waals surface area contributed by atoms with Gasteiger partial charge in [0.25, 0.3) is 5.56 Å². The molecule has 6 nitrogen and oxygen atoms in total. The van der Waals surface area contributed by atoms with E-state index in [0.29, 0.717) is 12.1 Å². The van der Waals surface area contributed by atoms with E-state index in [1.54, 1.807) is 16.7 Å². The molecule has 0 saturated carbocycles. The molecule has 1 N–H and O–H groups in total. The highest BCUT2D eigenvalue weighted by Gasteiger charge is 2.26. The summed E-state index contributed by atoms with van der Waals surface area (Å²) in [4.78, 5) is 41.4. The molecule has 7 heteroatoms. The highest BCUT2D eigenvalue weighted by atomic mass is 19.1. The average molecular weight is 385 g/mol. The Morgan fingerprint density at radius 2 is 1.79 bits per heavy atom. The van der Waals surface area contributed by atoms with E-state index < -0.39 is 0 Å². The third kappa shape index (κ3) is 3.71.